The molecule has 3 aromatic rings. The van der Waals surface area contributed by atoms with Crippen molar-refractivity contribution in [3.8, 4) is 10.6 Å². The highest BCUT2D eigenvalue weighted by Gasteiger charge is 2.24. The molecular weight excluding hydrogens is 410 g/mol. The highest BCUT2D eigenvalue weighted by atomic mass is 32.2. The van der Waals surface area contributed by atoms with E-state index in [4.69, 9.17) is 4.74 Å². The molecule has 1 aliphatic rings. The molecule has 7 nitrogen and oxygen atoms in total. The SMILES string of the molecule is O=C(NCCS(=O)(=O)N1CCOCC1)c1cc(-c2cccs2)nc2ccccc12. The van der Waals surface area contributed by atoms with Crippen molar-refractivity contribution in [3.05, 3.63) is 53.4 Å². The van der Waals surface area contributed by atoms with Gasteiger partial charge in [-0.2, -0.15) is 4.31 Å². The number of para-hydroxylation sites is 1. The minimum Gasteiger partial charge on any atom is -0.379 e. The molecule has 0 atom stereocenters. The number of carbonyl (C=O) groups is 1. The summed E-state index contributed by atoms with van der Waals surface area (Å²) in [6.07, 6.45) is 0. The van der Waals surface area contributed by atoms with Crippen LogP contribution < -0.4 is 5.32 Å². The molecule has 2 aromatic heterocycles. The number of nitrogens with one attached hydrogen (secondary N) is 1. The zero-order chi connectivity index (χ0) is 20.3. The van der Waals surface area contributed by atoms with E-state index in [9.17, 15) is 13.2 Å². The Morgan fingerprint density at radius 1 is 1.17 bits per heavy atom. The van der Waals surface area contributed by atoms with Crippen molar-refractivity contribution in [2.24, 2.45) is 0 Å². The number of aromatic nitrogens is 1. The molecule has 1 aliphatic heterocycles. The number of benzene rings is 1. The molecule has 3 heterocycles. The van der Waals surface area contributed by atoms with E-state index < -0.39 is 10.0 Å². The van der Waals surface area contributed by atoms with E-state index in [2.05, 4.69) is 10.3 Å². The lowest BCUT2D eigenvalue weighted by Crippen LogP contribution is -2.43. The second-order valence-electron chi connectivity index (χ2n) is 6.63. The van der Waals surface area contributed by atoms with Gasteiger partial charge in [0.15, 0.2) is 0 Å². The van der Waals surface area contributed by atoms with Gasteiger partial charge >= 0.3 is 0 Å². The second-order valence-corrected chi connectivity index (χ2v) is 9.67. The lowest BCUT2D eigenvalue weighted by Gasteiger charge is -2.26. The summed E-state index contributed by atoms with van der Waals surface area (Å²) in [5.74, 6) is -0.446. The number of ether oxygens (including phenoxy) is 1. The fraction of sp³-hybridized carbons (Fsp3) is 0.300. The molecule has 4 rings (SSSR count). The maximum atomic E-state index is 12.9. The predicted molar refractivity (Wildman–Crippen MR) is 114 cm³/mol. The van der Waals surface area contributed by atoms with Crippen molar-refractivity contribution in [1.82, 2.24) is 14.6 Å². The number of hydrogen-bond donors (Lipinski definition) is 1. The highest BCUT2D eigenvalue weighted by molar-refractivity contribution is 7.89. The Labute approximate surface area is 173 Å². The molecule has 9 heteroatoms. The molecule has 0 aliphatic carbocycles. The Kier molecular flexibility index (Phi) is 5.91. The van der Waals surface area contributed by atoms with E-state index in [1.807, 2.05) is 41.8 Å². The number of carbonyl (C=O) groups excluding carboxylic acids is 1. The fourth-order valence-corrected chi connectivity index (χ4v) is 5.27. The molecule has 1 aromatic carbocycles. The zero-order valence-corrected chi connectivity index (χ0v) is 17.3. The number of sulfonamides is 1. The maximum absolute atomic E-state index is 12.9. The van der Waals surface area contributed by atoms with Crippen LogP contribution in [0.3, 0.4) is 0 Å². The van der Waals surface area contributed by atoms with E-state index in [0.717, 1.165) is 21.5 Å². The summed E-state index contributed by atoms with van der Waals surface area (Å²) >= 11 is 1.55. The van der Waals surface area contributed by atoms with Crippen molar-refractivity contribution >= 4 is 38.2 Å². The van der Waals surface area contributed by atoms with Gasteiger partial charge in [-0.15, -0.1) is 11.3 Å². The lowest BCUT2D eigenvalue weighted by molar-refractivity contribution is 0.0730. The maximum Gasteiger partial charge on any atom is 0.252 e. The molecule has 0 radical (unpaired) electrons. The topological polar surface area (TPSA) is 88.6 Å². The average molecular weight is 432 g/mol. The van der Waals surface area contributed by atoms with E-state index in [1.54, 1.807) is 17.4 Å². The molecule has 29 heavy (non-hydrogen) atoms. The third kappa shape index (κ3) is 4.48. The first-order valence-electron chi connectivity index (χ1n) is 9.32. The number of fused-ring (bicyclic) bond motifs is 1. The number of pyridine rings is 1. The number of rotatable bonds is 6. The van der Waals surface area contributed by atoms with E-state index in [1.165, 1.54) is 4.31 Å². The molecule has 0 unspecified atom stereocenters. The average Bonchev–Trinajstić information content (AvgIpc) is 3.28. The molecule has 1 saturated heterocycles. The van der Waals surface area contributed by atoms with E-state index >= 15 is 0 Å². The van der Waals surface area contributed by atoms with Gasteiger partial charge < -0.3 is 10.1 Å². The van der Waals surface area contributed by atoms with Crippen molar-refractivity contribution in [3.63, 3.8) is 0 Å². The van der Waals surface area contributed by atoms with E-state index in [-0.39, 0.29) is 18.2 Å². The predicted octanol–water partition coefficient (Wildman–Crippen LogP) is 2.36. The third-order valence-corrected chi connectivity index (χ3v) is 7.51. The molecule has 1 N–H and O–H groups in total. The summed E-state index contributed by atoms with van der Waals surface area (Å²) < 4.78 is 31.5. The zero-order valence-electron chi connectivity index (χ0n) is 15.7. The van der Waals surface area contributed by atoms with Gasteiger partial charge in [0.2, 0.25) is 10.0 Å². The van der Waals surface area contributed by atoms with Crippen LogP contribution in [0.15, 0.2) is 47.8 Å². The Morgan fingerprint density at radius 3 is 2.72 bits per heavy atom. The summed E-state index contributed by atoms with van der Waals surface area (Å²) in [6.45, 7) is 1.56. The Balaban J connectivity index is 1.52. The molecule has 0 spiro atoms. The number of thiophene rings is 1. The standard InChI is InChI=1S/C20H21N3O4S2/c24-20(21-7-13-29(25,26)23-8-10-27-11-9-23)16-14-18(19-6-3-12-28-19)22-17-5-2-1-4-15(16)17/h1-6,12,14H,7-11,13H2,(H,21,24). The summed E-state index contributed by atoms with van der Waals surface area (Å²) in [5.41, 5.74) is 1.94. The van der Waals surface area contributed by atoms with Gasteiger partial charge in [-0.1, -0.05) is 24.3 Å². The molecule has 0 saturated carbocycles. The molecule has 1 fully saturated rings. The van der Waals surface area contributed by atoms with E-state index in [0.29, 0.717) is 31.9 Å². The van der Waals surface area contributed by atoms with Gasteiger partial charge in [0.05, 0.1) is 40.6 Å². The minimum absolute atomic E-state index is 0.0451. The minimum atomic E-state index is -3.42. The quantitative estimate of drug-likeness (QED) is 0.647. The van der Waals surface area contributed by atoms with Crippen LogP contribution in [0.1, 0.15) is 10.4 Å². The molecular formula is C20H21N3O4S2. The van der Waals surface area contributed by atoms with Crippen LogP contribution in [0.4, 0.5) is 0 Å². The summed E-state index contributed by atoms with van der Waals surface area (Å²) in [4.78, 5) is 18.5. The molecule has 1 amide bonds. The second kappa shape index (κ2) is 8.58. The first-order chi connectivity index (χ1) is 14.0. The number of hydrogen-bond acceptors (Lipinski definition) is 6. The van der Waals surface area contributed by atoms with Gasteiger partial charge in [0.25, 0.3) is 5.91 Å². The van der Waals surface area contributed by atoms with Crippen LogP contribution in [0.25, 0.3) is 21.5 Å². The number of amides is 1. The monoisotopic (exact) mass is 431 g/mol. The molecule has 152 valence electrons. The Morgan fingerprint density at radius 2 is 1.97 bits per heavy atom. The van der Waals surface area contributed by atoms with Crippen LogP contribution >= 0.6 is 11.3 Å². The lowest BCUT2D eigenvalue weighted by atomic mass is 10.1. The van der Waals surface area contributed by atoms with Crippen LogP contribution in [-0.4, -0.2) is 62.2 Å². The van der Waals surface area contributed by atoms with Crippen molar-refractivity contribution in [2.75, 3.05) is 38.6 Å². The Bertz CT molecular complexity index is 1110. The van der Waals surface area contributed by atoms with Gasteiger partial charge in [0.1, 0.15) is 0 Å². The van der Waals surface area contributed by atoms with Gasteiger partial charge in [-0.3, -0.25) is 4.79 Å². The van der Waals surface area contributed by atoms with Gasteiger partial charge in [-0.25, -0.2) is 13.4 Å². The van der Waals surface area contributed by atoms with Crippen molar-refractivity contribution in [2.45, 2.75) is 0 Å². The Hall–Kier alpha value is -2.33. The first-order valence-corrected chi connectivity index (χ1v) is 11.8. The van der Waals surface area contributed by atoms with Crippen LogP contribution in [-0.2, 0) is 14.8 Å². The normalized spacial score (nSPS) is 15.4. The largest absolute Gasteiger partial charge is 0.379 e. The smallest absolute Gasteiger partial charge is 0.252 e. The van der Waals surface area contributed by atoms with Crippen molar-refractivity contribution < 1.29 is 17.9 Å². The third-order valence-electron chi connectivity index (χ3n) is 4.74. The highest BCUT2D eigenvalue weighted by Crippen LogP contribution is 2.27. The summed E-state index contributed by atoms with van der Waals surface area (Å²) in [6, 6.07) is 13.1. The summed E-state index contributed by atoms with van der Waals surface area (Å²) in [7, 11) is -3.42. The number of morpholine rings is 1. The summed E-state index contributed by atoms with van der Waals surface area (Å²) in [5, 5.41) is 5.46. The van der Waals surface area contributed by atoms with Crippen LogP contribution in [0.2, 0.25) is 0 Å². The fourth-order valence-electron chi connectivity index (χ4n) is 3.26. The van der Waals surface area contributed by atoms with Gasteiger partial charge in [0, 0.05) is 25.0 Å². The van der Waals surface area contributed by atoms with Gasteiger partial charge in [-0.05, 0) is 23.6 Å². The molecule has 0 bridgehead atoms. The van der Waals surface area contributed by atoms with Crippen LogP contribution in [0.5, 0.6) is 0 Å². The van der Waals surface area contributed by atoms with Crippen LogP contribution in [0, 0.1) is 0 Å². The van der Waals surface area contributed by atoms with Crippen molar-refractivity contribution in [1.29, 1.82) is 0 Å². The number of nitrogens with zero attached hydrogens (tertiary/aromatic N) is 2. The first kappa shape index (κ1) is 20.0.